The zero-order chi connectivity index (χ0) is 15.9. The predicted octanol–water partition coefficient (Wildman–Crippen LogP) is 3.76. The van der Waals surface area contributed by atoms with Gasteiger partial charge in [0, 0.05) is 28.5 Å². The first-order valence-electron chi connectivity index (χ1n) is 6.35. The fraction of sp³-hybridized carbons (Fsp3) is 0.200. The number of hydrogen-bond acceptors (Lipinski definition) is 5. The van der Waals surface area contributed by atoms with Crippen molar-refractivity contribution >= 4 is 46.3 Å². The molecule has 2 aromatic rings. The first-order valence-corrected chi connectivity index (χ1v) is 8.05. The molecule has 3 rings (SSSR count). The standard InChI is InChI=1S/C15H10Cl2O4S/c1-20-15(19)10-5-8-4-9(11(16)12(17)14(8)21-10)13(18)7-2-3-22-6-7/h2-4,6,10H,5H2,1H3. The number of fused-ring (bicyclic) bond motifs is 1. The minimum atomic E-state index is -0.764. The highest BCUT2D eigenvalue weighted by Gasteiger charge is 2.34. The highest BCUT2D eigenvalue weighted by Crippen LogP contribution is 2.43. The van der Waals surface area contributed by atoms with E-state index in [1.165, 1.54) is 18.4 Å². The molecule has 0 fully saturated rings. The summed E-state index contributed by atoms with van der Waals surface area (Å²) in [6.45, 7) is 0. The van der Waals surface area contributed by atoms with Gasteiger partial charge in [-0.3, -0.25) is 4.79 Å². The first-order chi connectivity index (χ1) is 10.5. The van der Waals surface area contributed by atoms with Crippen molar-refractivity contribution in [2.45, 2.75) is 12.5 Å². The van der Waals surface area contributed by atoms with Crippen LogP contribution in [0.4, 0.5) is 0 Å². The van der Waals surface area contributed by atoms with E-state index in [9.17, 15) is 9.59 Å². The van der Waals surface area contributed by atoms with Crippen LogP contribution in [0.1, 0.15) is 21.5 Å². The van der Waals surface area contributed by atoms with E-state index >= 15 is 0 Å². The molecule has 0 saturated carbocycles. The van der Waals surface area contributed by atoms with Crippen molar-refractivity contribution in [2.24, 2.45) is 0 Å². The van der Waals surface area contributed by atoms with Crippen molar-refractivity contribution in [1.82, 2.24) is 0 Å². The quantitative estimate of drug-likeness (QED) is 0.620. The molecule has 1 aromatic carbocycles. The normalized spacial score (nSPS) is 16.0. The molecule has 7 heteroatoms. The number of halogens is 2. The van der Waals surface area contributed by atoms with Gasteiger partial charge in [0.05, 0.1) is 12.1 Å². The Kier molecular flexibility index (Phi) is 4.12. The Balaban J connectivity index is 2.02. The van der Waals surface area contributed by atoms with Crippen molar-refractivity contribution in [2.75, 3.05) is 7.11 Å². The monoisotopic (exact) mass is 356 g/mol. The molecule has 0 N–H and O–H groups in total. The molecule has 0 spiro atoms. The zero-order valence-electron chi connectivity index (χ0n) is 11.4. The minimum Gasteiger partial charge on any atom is -0.476 e. The SMILES string of the molecule is COC(=O)C1Cc2cc(C(=O)c3ccsc3)c(Cl)c(Cl)c2O1. The Bertz CT molecular complexity index is 755. The molecule has 1 aliphatic rings. The lowest BCUT2D eigenvalue weighted by atomic mass is 10.0. The highest BCUT2D eigenvalue weighted by molar-refractivity contribution is 7.08. The molecule has 1 atom stereocenters. The van der Waals surface area contributed by atoms with E-state index in [-0.39, 0.29) is 15.8 Å². The van der Waals surface area contributed by atoms with Crippen LogP contribution in [0.5, 0.6) is 5.75 Å². The van der Waals surface area contributed by atoms with Crippen LogP contribution < -0.4 is 4.74 Å². The molecule has 4 nitrogen and oxygen atoms in total. The number of thiophene rings is 1. The number of carbonyl (C=O) groups excluding carboxylic acids is 2. The second-order valence-electron chi connectivity index (χ2n) is 4.72. The fourth-order valence-electron chi connectivity index (χ4n) is 2.30. The highest BCUT2D eigenvalue weighted by atomic mass is 35.5. The Morgan fingerprint density at radius 1 is 1.36 bits per heavy atom. The number of esters is 1. The molecule has 0 radical (unpaired) electrons. The summed E-state index contributed by atoms with van der Waals surface area (Å²) in [4.78, 5) is 24.1. The molecular weight excluding hydrogens is 347 g/mol. The molecule has 22 heavy (non-hydrogen) atoms. The maximum atomic E-state index is 12.5. The molecule has 0 amide bonds. The molecular formula is C15H10Cl2O4S. The number of benzene rings is 1. The van der Waals surface area contributed by atoms with Gasteiger partial charge in [-0.05, 0) is 17.5 Å². The molecule has 0 aliphatic carbocycles. The molecule has 1 unspecified atom stereocenters. The molecule has 0 saturated heterocycles. The number of methoxy groups -OCH3 is 1. The second kappa shape index (κ2) is 5.91. The van der Waals surface area contributed by atoms with Crippen LogP contribution in [0.15, 0.2) is 22.9 Å². The van der Waals surface area contributed by atoms with E-state index in [1.54, 1.807) is 17.5 Å². The number of ketones is 1. The lowest BCUT2D eigenvalue weighted by Gasteiger charge is -2.10. The minimum absolute atomic E-state index is 0.127. The van der Waals surface area contributed by atoms with Crippen LogP contribution in [0.25, 0.3) is 0 Å². The van der Waals surface area contributed by atoms with Gasteiger partial charge in [0.25, 0.3) is 0 Å². The van der Waals surface area contributed by atoms with E-state index in [0.717, 1.165) is 0 Å². The van der Waals surface area contributed by atoms with Gasteiger partial charge < -0.3 is 9.47 Å². The van der Waals surface area contributed by atoms with E-state index in [2.05, 4.69) is 4.74 Å². The number of hydrogen-bond donors (Lipinski definition) is 0. The molecule has 1 aromatic heterocycles. The van der Waals surface area contributed by atoms with Gasteiger partial charge in [0.15, 0.2) is 11.9 Å². The molecule has 1 aliphatic heterocycles. The Hall–Kier alpha value is -1.56. The number of ether oxygens (including phenoxy) is 2. The third-order valence-electron chi connectivity index (χ3n) is 3.40. The summed E-state index contributed by atoms with van der Waals surface area (Å²) in [6.07, 6.45) is -0.469. The van der Waals surface area contributed by atoms with E-state index in [4.69, 9.17) is 27.9 Å². The van der Waals surface area contributed by atoms with Crippen molar-refractivity contribution in [3.8, 4) is 5.75 Å². The molecule has 0 bridgehead atoms. The van der Waals surface area contributed by atoms with Crippen molar-refractivity contribution in [3.63, 3.8) is 0 Å². The van der Waals surface area contributed by atoms with Crippen LogP contribution in [0.2, 0.25) is 10.0 Å². The van der Waals surface area contributed by atoms with Gasteiger partial charge in [-0.2, -0.15) is 11.3 Å². The third kappa shape index (κ3) is 2.49. The topological polar surface area (TPSA) is 52.6 Å². The van der Waals surface area contributed by atoms with Crippen molar-refractivity contribution in [1.29, 1.82) is 0 Å². The summed E-state index contributed by atoms with van der Waals surface area (Å²) in [5, 5.41) is 3.83. The maximum Gasteiger partial charge on any atom is 0.347 e. The maximum absolute atomic E-state index is 12.5. The summed E-state index contributed by atoms with van der Waals surface area (Å²) >= 11 is 13.8. The zero-order valence-corrected chi connectivity index (χ0v) is 13.7. The van der Waals surface area contributed by atoms with Crippen LogP contribution in [-0.2, 0) is 16.0 Å². The van der Waals surface area contributed by atoms with Gasteiger partial charge in [0.1, 0.15) is 10.8 Å². The molecule has 2 heterocycles. The number of carbonyl (C=O) groups is 2. The average Bonchev–Trinajstić information content (AvgIpc) is 3.18. The van der Waals surface area contributed by atoms with Crippen molar-refractivity contribution < 1.29 is 19.1 Å². The van der Waals surface area contributed by atoms with Gasteiger partial charge in [0.2, 0.25) is 0 Å². The van der Waals surface area contributed by atoms with E-state index < -0.39 is 12.1 Å². The fourth-order valence-corrected chi connectivity index (χ4v) is 3.43. The largest absolute Gasteiger partial charge is 0.476 e. The second-order valence-corrected chi connectivity index (χ2v) is 6.25. The summed E-state index contributed by atoms with van der Waals surface area (Å²) < 4.78 is 10.2. The third-order valence-corrected chi connectivity index (χ3v) is 4.93. The molecule has 114 valence electrons. The van der Waals surface area contributed by atoms with Crippen molar-refractivity contribution in [3.05, 3.63) is 49.6 Å². The smallest absolute Gasteiger partial charge is 0.347 e. The van der Waals surface area contributed by atoms with Gasteiger partial charge in [-0.1, -0.05) is 23.2 Å². The Morgan fingerprint density at radius 2 is 2.14 bits per heavy atom. The van der Waals surface area contributed by atoms with Gasteiger partial charge in [-0.15, -0.1) is 0 Å². The lowest BCUT2D eigenvalue weighted by Crippen LogP contribution is -2.26. The first kappa shape index (κ1) is 15.3. The summed E-state index contributed by atoms with van der Waals surface area (Å²) in [6, 6.07) is 3.35. The van der Waals surface area contributed by atoms with Gasteiger partial charge in [-0.25, -0.2) is 4.79 Å². The average molecular weight is 357 g/mol. The summed E-state index contributed by atoms with van der Waals surface area (Å²) in [5.41, 5.74) is 1.52. The van der Waals surface area contributed by atoms with Crippen LogP contribution in [0, 0.1) is 0 Å². The van der Waals surface area contributed by atoms with Crippen LogP contribution in [-0.4, -0.2) is 25.0 Å². The number of rotatable bonds is 3. The van der Waals surface area contributed by atoms with Crippen LogP contribution in [0.3, 0.4) is 0 Å². The Morgan fingerprint density at radius 3 is 2.77 bits per heavy atom. The summed E-state index contributed by atoms with van der Waals surface area (Å²) in [7, 11) is 1.29. The summed E-state index contributed by atoms with van der Waals surface area (Å²) in [5.74, 6) is -0.365. The predicted molar refractivity (Wildman–Crippen MR) is 84.3 cm³/mol. The van der Waals surface area contributed by atoms with Crippen LogP contribution >= 0.6 is 34.5 Å². The van der Waals surface area contributed by atoms with E-state index in [1.807, 2.05) is 5.38 Å². The lowest BCUT2D eigenvalue weighted by molar-refractivity contribution is -0.147. The van der Waals surface area contributed by atoms with E-state index in [0.29, 0.717) is 28.9 Å². The Labute approximate surface area is 140 Å². The van der Waals surface area contributed by atoms with Gasteiger partial charge >= 0.3 is 5.97 Å².